The van der Waals surface area contributed by atoms with Crippen LogP contribution in [0.25, 0.3) is 0 Å². The molecule has 7 heteroatoms. The van der Waals surface area contributed by atoms with Crippen molar-refractivity contribution < 1.29 is 4.39 Å². The van der Waals surface area contributed by atoms with Gasteiger partial charge >= 0.3 is 0 Å². The Morgan fingerprint density at radius 1 is 1.26 bits per heavy atom. The summed E-state index contributed by atoms with van der Waals surface area (Å²) in [6.07, 6.45) is 0.666. The highest BCUT2D eigenvalue weighted by Gasteiger charge is 2.17. The lowest BCUT2D eigenvalue weighted by Crippen LogP contribution is -2.29. The van der Waals surface area contributed by atoms with E-state index in [2.05, 4.69) is 53.2 Å². The smallest absolute Gasteiger partial charge is 0.124 e. The third-order valence-electron chi connectivity index (χ3n) is 2.70. The van der Waals surface area contributed by atoms with Gasteiger partial charge in [0.1, 0.15) is 5.82 Å². The molecule has 0 saturated heterocycles. The van der Waals surface area contributed by atoms with Crippen LogP contribution in [0.2, 0.25) is 0 Å². The van der Waals surface area contributed by atoms with Gasteiger partial charge in [-0.1, -0.05) is 22.0 Å². The van der Waals surface area contributed by atoms with Crippen molar-refractivity contribution in [2.75, 3.05) is 0 Å². The molecule has 0 bridgehead atoms. The van der Waals surface area contributed by atoms with Crippen LogP contribution < -0.4 is 11.3 Å². The van der Waals surface area contributed by atoms with Crippen LogP contribution >= 0.6 is 59.1 Å². The number of hydrogen-bond acceptors (Lipinski definition) is 3. The maximum atomic E-state index is 13.1. The van der Waals surface area contributed by atoms with Gasteiger partial charge in [-0.3, -0.25) is 11.3 Å². The summed E-state index contributed by atoms with van der Waals surface area (Å²) in [5, 5.41) is 0. The average molecular weight is 473 g/mol. The molecule has 1 aromatic heterocycles. The zero-order valence-electron chi connectivity index (χ0n) is 9.59. The second kappa shape index (κ2) is 6.78. The topological polar surface area (TPSA) is 38.0 Å². The van der Waals surface area contributed by atoms with Crippen molar-refractivity contribution in [1.29, 1.82) is 0 Å². The molecule has 0 aliphatic carbocycles. The molecule has 0 radical (unpaired) electrons. The van der Waals surface area contributed by atoms with Gasteiger partial charge in [0, 0.05) is 4.47 Å². The molecule has 3 N–H and O–H groups in total. The quantitative estimate of drug-likeness (QED) is 0.489. The van der Waals surface area contributed by atoms with E-state index >= 15 is 0 Å². The first-order valence-corrected chi connectivity index (χ1v) is 8.55. The van der Waals surface area contributed by atoms with Crippen molar-refractivity contribution in [2.24, 2.45) is 5.84 Å². The maximum Gasteiger partial charge on any atom is 0.124 e. The zero-order chi connectivity index (χ0) is 14.0. The predicted octanol–water partition coefficient (Wildman–Crippen LogP) is 4.92. The highest BCUT2D eigenvalue weighted by Crippen LogP contribution is 2.37. The number of rotatable bonds is 4. The van der Waals surface area contributed by atoms with Gasteiger partial charge in [0.25, 0.3) is 0 Å². The second-order valence-corrected chi connectivity index (χ2v) is 8.54. The minimum Gasteiger partial charge on any atom is -0.271 e. The average Bonchev–Trinajstić information content (AvgIpc) is 2.68. The molecule has 1 atom stereocenters. The van der Waals surface area contributed by atoms with Crippen LogP contribution in [0.4, 0.5) is 4.39 Å². The Kier molecular flexibility index (Phi) is 5.56. The minimum absolute atomic E-state index is 0.0429. The Labute approximate surface area is 139 Å². The fourth-order valence-corrected chi connectivity index (χ4v) is 5.24. The van der Waals surface area contributed by atoms with Gasteiger partial charge in [0.05, 0.1) is 13.6 Å². The maximum absolute atomic E-state index is 13.1. The summed E-state index contributed by atoms with van der Waals surface area (Å²) in [4.78, 5) is 0. The van der Waals surface area contributed by atoms with Crippen molar-refractivity contribution in [3.63, 3.8) is 0 Å². The van der Waals surface area contributed by atoms with Gasteiger partial charge in [0.15, 0.2) is 0 Å². The van der Waals surface area contributed by atoms with E-state index in [1.165, 1.54) is 12.1 Å². The van der Waals surface area contributed by atoms with E-state index in [0.717, 1.165) is 23.2 Å². The van der Waals surface area contributed by atoms with Crippen molar-refractivity contribution in [2.45, 2.75) is 12.5 Å². The van der Waals surface area contributed by atoms with Crippen molar-refractivity contribution >= 4 is 59.1 Å². The predicted molar refractivity (Wildman–Crippen MR) is 87.6 cm³/mol. The molecule has 0 fully saturated rings. The summed E-state index contributed by atoms with van der Waals surface area (Å²) < 4.78 is 15.9. The number of nitrogens with one attached hydrogen (secondary N) is 1. The van der Waals surface area contributed by atoms with Crippen molar-refractivity contribution in [3.8, 4) is 0 Å². The summed E-state index contributed by atoms with van der Waals surface area (Å²) in [7, 11) is 0. The first-order chi connectivity index (χ1) is 9.01. The molecule has 0 spiro atoms. The molecule has 1 aromatic carbocycles. The molecule has 1 unspecified atom stereocenters. The third kappa shape index (κ3) is 3.86. The Balaban J connectivity index is 2.26. The Bertz CT molecular complexity index is 588. The number of thiophene rings is 1. The minimum atomic E-state index is -0.257. The van der Waals surface area contributed by atoms with E-state index in [9.17, 15) is 4.39 Å². The second-order valence-electron chi connectivity index (χ2n) is 3.94. The van der Waals surface area contributed by atoms with Crippen LogP contribution in [0.5, 0.6) is 0 Å². The van der Waals surface area contributed by atoms with Gasteiger partial charge in [-0.05, 0) is 67.6 Å². The molecular weight excluding hydrogens is 463 g/mol. The highest BCUT2D eigenvalue weighted by atomic mass is 79.9. The highest BCUT2D eigenvalue weighted by molar-refractivity contribution is 9.12. The van der Waals surface area contributed by atoms with E-state index in [4.69, 9.17) is 5.84 Å². The largest absolute Gasteiger partial charge is 0.271 e. The van der Waals surface area contributed by atoms with Crippen LogP contribution in [0, 0.1) is 5.82 Å². The molecule has 2 aromatic rings. The zero-order valence-corrected chi connectivity index (χ0v) is 15.2. The molecule has 0 saturated carbocycles. The van der Waals surface area contributed by atoms with E-state index in [1.54, 1.807) is 17.4 Å². The third-order valence-corrected chi connectivity index (χ3v) is 5.82. The lowest BCUT2D eigenvalue weighted by molar-refractivity contribution is 0.549. The SMILES string of the molecule is NNC(Cc1ccc(F)cc1Br)c1cc(Br)sc1Br. The van der Waals surface area contributed by atoms with Crippen LogP contribution in [0.3, 0.4) is 0 Å². The van der Waals surface area contributed by atoms with Crippen molar-refractivity contribution in [1.82, 2.24) is 5.43 Å². The van der Waals surface area contributed by atoms with Gasteiger partial charge in [-0.2, -0.15) is 0 Å². The summed E-state index contributed by atoms with van der Waals surface area (Å²) >= 11 is 11.9. The molecule has 2 nitrogen and oxygen atoms in total. The number of nitrogens with two attached hydrogens (primary N) is 1. The van der Waals surface area contributed by atoms with E-state index in [1.807, 2.05) is 6.07 Å². The van der Waals surface area contributed by atoms with Crippen LogP contribution in [0.1, 0.15) is 17.2 Å². The normalized spacial score (nSPS) is 12.7. The number of hydrogen-bond donors (Lipinski definition) is 2. The van der Waals surface area contributed by atoms with E-state index in [-0.39, 0.29) is 11.9 Å². The molecule has 102 valence electrons. The molecule has 0 aliphatic heterocycles. The fourth-order valence-electron chi connectivity index (χ4n) is 1.76. The van der Waals surface area contributed by atoms with Gasteiger partial charge < -0.3 is 0 Å². The molecule has 2 rings (SSSR count). The van der Waals surface area contributed by atoms with Crippen molar-refractivity contribution in [3.05, 3.63) is 53.3 Å². The Hall–Kier alpha value is 0.210. The van der Waals surface area contributed by atoms with Crippen LogP contribution in [-0.2, 0) is 6.42 Å². The van der Waals surface area contributed by atoms with Crippen LogP contribution in [0.15, 0.2) is 36.3 Å². The molecule has 0 aliphatic rings. The standard InChI is InChI=1S/C12H10Br3FN2S/c13-9-4-7(16)2-1-6(9)3-10(18-17)8-5-11(14)19-12(8)15/h1-2,4-5,10,18H,3,17H2. The first kappa shape index (κ1) is 15.6. The van der Waals surface area contributed by atoms with E-state index in [0.29, 0.717) is 6.42 Å². The van der Waals surface area contributed by atoms with Gasteiger partial charge in [-0.25, -0.2) is 4.39 Å². The Morgan fingerprint density at radius 2 is 2.00 bits per heavy atom. The van der Waals surface area contributed by atoms with Crippen LogP contribution in [-0.4, -0.2) is 0 Å². The monoisotopic (exact) mass is 470 g/mol. The number of hydrazine groups is 1. The summed E-state index contributed by atoms with van der Waals surface area (Å²) in [5.41, 5.74) is 4.88. The summed E-state index contributed by atoms with van der Waals surface area (Å²) in [5.74, 6) is 5.38. The Morgan fingerprint density at radius 3 is 2.53 bits per heavy atom. The fraction of sp³-hybridized carbons (Fsp3) is 0.167. The summed E-state index contributed by atoms with van der Waals surface area (Å²) in [6.45, 7) is 0. The first-order valence-electron chi connectivity index (χ1n) is 5.36. The number of halogens is 4. The number of benzene rings is 1. The van der Waals surface area contributed by atoms with E-state index < -0.39 is 0 Å². The lowest BCUT2D eigenvalue weighted by atomic mass is 10.0. The molecule has 1 heterocycles. The summed E-state index contributed by atoms with van der Waals surface area (Å²) in [6, 6.07) is 6.66. The van der Waals surface area contributed by atoms with Gasteiger partial charge in [0.2, 0.25) is 0 Å². The molecule has 19 heavy (non-hydrogen) atoms. The lowest BCUT2D eigenvalue weighted by Gasteiger charge is -2.16. The molecular formula is C12H10Br3FN2S. The van der Waals surface area contributed by atoms with Gasteiger partial charge in [-0.15, -0.1) is 11.3 Å². The molecule has 0 amide bonds.